The Kier molecular flexibility index (Phi) is 5.01. The molecule has 1 aromatic carbocycles. The van der Waals surface area contributed by atoms with E-state index in [2.05, 4.69) is 45.3 Å². The van der Waals surface area contributed by atoms with Crippen molar-refractivity contribution in [1.82, 2.24) is 15.5 Å². The fourth-order valence-corrected chi connectivity index (χ4v) is 2.75. The van der Waals surface area contributed by atoms with Gasteiger partial charge in [-0.3, -0.25) is 0 Å². The van der Waals surface area contributed by atoms with Gasteiger partial charge in [-0.2, -0.15) is 0 Å². The van der Waals surface area contributed by atoms with Crippen LogP contribution in [0.1, 0.15) is 18.9 Å². The minimum Gasteiger partial charge on any atom is -0.310 e. The van der Waals surface area contributed by atoms with Crippen LogP contribution >= 0.6 is 27.3 Å². The second kappa shape index (κ2) is 6.54. The molecule has 2 aromatic rings. The summed E-state index contributed by atoms with van der Waals surface area (Å²) in [5.41, 5.74) is 0.488. The SMILES string of the molecule is CC(C)CNCc1nnc(-c2cc(Br)ccc2F)s1. The van der Waals surface area contributed by atoms with Crippen LogP contribution in [0, 0.1) is 11.7 Å². The molecule has 102 valence electrons. The first kappa shape index (κ1) is 14.6. The van der Waals surface area contributed by atoms with E-state index in [0.717, 1.165) is 16.0 Å². The van der Waals surface area contributed by atoms with Crippen LogP contribution in [-0.4, -0.2) is 16.7 Å². The summed E-state index contributed by atoms with van der Waals surface area (Å²) in [6.45, 7) is 5.90. The lowest BCUT2D eigenvalue weighted by Crippen LogP contribution is -2.18. The molecule has 0 aliphatic heterocycles. The average Bonchev–Trinajstić information content (AvgIpc) is 2.80. The van der Waals surface area contributed by atoms with E-state index in [1.165, 1.54) is 17.4 Å². The van der Waals surface area contributed by atoms with Crippen LogP contribution in [0.4, 0.5) is 4.39 Å². The first-order chi connectivity index (χ1) is 9.06. The number of aromatic nitrogens is 2. The van der Waals surface area contributed by atoms with Gasteiger partial charge >= 0.3 is 0 Å². The highest BCUT2D eigenvalue weighted by molar-refractivity contribution is 9.10. The largest absolute Gasteiger partial charge is 0.310 e. The normalized spacial score (nSPS) is 11.2. The van der Waals surface area contributed by atoms with E-state index >= 15 is 0 Å². The van der Waals surface area contributed by atoms with E-state index in [0.29, 0.717) is 23.0 Å². The van der Waals surface area contributed by atoms with Crippen molar-refractivity contribution in [2.75, 3.05) is 6.54 Å². The second-order valence-electron chi connectivity index (χ2n) is 4.65. The van der Waals surface area contributed by atoms with Gasteiger partial charge in [0.05, 0.1) is 0 Å². The molecule has 0 bridgehead atoms. The summed E-state index contributed by atoms with van der Waals surface area (Å²) >= 11 is 4.75. The predicted octanol–water partition coefficient (Wildman–Crippen LogP) is 3.85. The Morgan fingerprint density at radius 1 is 1.37 bits per heavy atom. The monoisotopic (exact) mass is 343 g/mol. The molecule has 0 aliphatic rings. The van der Waals surface area contributed by atoms with Crippen LogP contribution in [-0.2, 0) is 6.54 Å². The summed E-state index contributed by atoms with van der Waals surface area (Å²) in [5, 5.41) is 12.9. The zero-order chi connectivity index (χ0) is 13.8. The molecule has 6 heteroatoms. The van der Waals surface area contributed by atoms with Gasteiger partial charge in [0.15, 0.2) is 5.01 Å². The van der Waals surface area contributed by atoms with E-state index in [-0.39, 0.29) is 5.82 Å². The van der Waals surface area contributed by atoms with Crippen molar-refractivity contribution in [1.29, 1.82) is 0 Å². The number of hydrogen-bond donors (Lipinski definition) is 1. The van der Waals surface area contributed by atoms with Crippen LogP contribution in [0.3, 0.4) is 0 Å². The van der Waals surface area contributed by atoms with E-state index in [9.17, 15) is 4.39 Å². The molecule has 0 radical (unpaired) electrons. The van der Waals surface area contributed by atoms with Crippen LogP contribution in [0.5, 0.6) is 0 Å². The maximum atomic E-state index is 13.7. The highest BCUT2D eigenvalue weighted by Gasteiger charge is 2.11. The molecule has 0 amide bonds. The van der Waals surface area contributed by atoms with E-state index in [1.807, 2.05) is 0 Å². The first-order valence-electron chi connectivity index (χ1n) is 6.05. The average molecular weight is 344 g/mol. The van der Waals surface area contributed by atoms with E-state index in [4.69, 9.17) is 0 Å². The fraction of sp³-hybridized carbons (Fsp3) is 0.385. The van der Waals surface area contributed by atoms with Gasteiger partial charge in [-0.1, -0.05) is 41.1 Å². The van der Waals surface area contributed by atoms with Crippen molar-refractivity contribution in [3.63, 3.8) is 0 Å². The smallest absolute Gasteiger partial charge is 0.150 e. The van der Waals surface area contributed by atoms with Gasteiger partial charge in [-0.05, 0) is 30.7 Å². The molecule has 1 N–H and O–H groups in total. The van der Waals surface area contributed by atoms with E-state index in [1.54, 1.807) is 12.1 Å². The minimum atomic E-state index is -0.277. The lowest BCUT2D eigenvalue weighted by molar-refractivity contribution is 0.550. The molecule has 1 aromatic heterocycles. The van der Waals surface area contributed by atoms with Crippen LogP contribution in [0.25, 0.3) is 10.6 Å². The third kappa shape index (κ3) is 4.06. The summed E-state index contributed by atoms with van der Waals surface area (Å²) in [5.74, 6) is 0.316. The van der Waals surface area contributed by atoms with Gasteiger partial charge in [-0.15, -0.1) is 10.2 Å². The Bertz CT molecular complexity index is 557. The fourth-order valence-electron chi connectivity index (χ4n) is 1.56. The lowest BCUT2D eigenvalue weighted by Gasteiger charge is -2.04. The third-order valence-electron chi connectivity index (χ3n) is 2.45. The highest BCUT2D eigenvalue weighted by Crippen LogP contribution is 2.28. The van der Waals surface area contributed by atoms with Crippen molar-refractivity contribution < 1.29 is 4.39 Å². The van der Waals surface area contributed by atoms with Crippen molar-refractivity contribution in [2.24, 2.45) is 5.92 Å². The highest BCUT2D eigenvalue weighted by atomic mass is 79.9. The maximum absolute atomic E-state index is 13.7. The summed E-state index contributed by atoms with van der Waals surface area (Å²) in [7, 11) is 0. The lowest BCUT2D eigenvalue weighted by atomic mass is 10.2. The van der Waals surface area contributed by atoms with Crippen molar-refractivity contribution in [3.8, 4) is 10.6 Å². The Morgan fingerprint density at radius 3 is 2.89 bits per heavy atom. The molecule has 0 saturated carbocycles. The number of halogens is 2. The molecule has 2 rings (SSSR count). The predicted molar refractivity (Wildman–Crippen MR) is 79.5 cm³/mol. The number of rotatable bonds is 5. The number of benzene rings is 1. The Labute approximate surface area is 124 Å². The number of nitrogens with zero attached hydrogens (tertiary/aromatic N) is 2. The van der Waals surface area contributed by atoms with Gasteiger partial charge in [0, 0.05) is 16.6 Å². The molecule has 0 fully saturated rings. The van der Waals surface area contributed by atoms with Crippen molar-refractivity contribution in [2.45, 2.75) is 20.4 Å². The minimum absolute atomic E-state index is 0.277. The molecule has 0 unspecified atom stereocenters. The third-order valence-corrected chi connectivity index (χ3v) is 3.90. The van der Waals surface area contributed by atoms with Crippen molar-refractivity contribution >= 4 is 27.3 Å². The van der Waals surface area contributed by atoms with Crippen LogP contribution in [0.15, 0.2) is 22.7 Å². The summed E-state index contributed by atoms with van der Waals surface area (Å²) in [4.78, 5) is 0. The molecule has 0 spiro atoms. The molecular formula is C13H15BrFN3S. The van der Waals surface area contributed by atoms with Gasteiger partial charge in [-0.25, -0.2) is 4.39 Å². The molecule has 3 nitrogen and oxygen atoms in total. The quantitative estimate of drug-likeness (QED) is 0.895. The first-order valence-corrected chi connectivity index (χ1v) is 7.65. The molecule has 19 heavy (non-hydrogen) atoms. The molecule has 1 heterocycles. The Morgan fingerprint density at radius 2 is 2.16 bits per heavy atom. The van der Waals surface area contributed by atoms with Gasteiger partial charge in [0.2, 0.25) is 0 Å². The van der Waals surface area contributed by atoms with Gasteiger partial charge < -0.3 is 5.32 Å². The Balaban J connectivity index is 2.10. The molecule has 0 saturated heterocycles. The maximum Gasteiger partial charge on any atom is 0.150 e. The zero-order valence-electron chi connectivity index (χ0n) is 10.8. The number of hydrogen-bond acceptors (Lipinski definition) is 4. The van der Waals surface area contributed by atoms with E-state index < -0.39 is 0 Å². The van der Waals surface area contributed by atoms with Gasteiger partial charge in [0.25, 0.3) is 0 Å². The summed E-state index contributed by atoms with van der Waals surface area (Å²) in [6.07, 6.45) is 0. The molecular weight excluding hydrogens is 329 g/mol. The second-order valence-corrected chi connectivity index (χ2v) is 6.63. The standard InChI is InChI=1S/C13H15BrFN3S/c1-8(2)6-16-7-12-17-18-13(19-12)10-5-9(14)3-4-11(10)15/h3-5,8,16H,6-7H2,1-2H3. The van der Waals surface area contributed by atoms with Gasteiger partial charge in [0.1, 0.15) is 10.8 Å². The Hall–Kier alpha value is -0.850. The topological polar surface area (TPSA) is 37.8 Å². The number of nitrogens with one attached hydrogen (secondary N) is 1. The summed E-state index contributed by atoms with van der Waals surface area (Å²) in [6, 6.07) is 4.82. The molecule has 0 aliphatic carbocycles. The summed E-state index contributed by atoms with van der Waals surface area (Å²) < 4.78 is 14.6. The molecule has 0 atom stereocenters. The van der Waals surface area contributed by atoms with Crippen LogP contribution < -0.4 is 5.32 Å². The zero-order valence-corrected chi connectivity index (χ0v) is 13.2. The van der Waals surface area contributed by atoms with Crippen molar-refractivity contribution in [3.05, 3.63) is 33.5 Å². The van der Waals surface area contributed by atoms with Crippen LogP contribution in [0.2, 0.25) is 0 Å².